The van der Waals surface area contributed by atoms with Crippen molar-refractivity contribution >= 4 is 11.8 Å². The minimum absolute atomic E-state index is 0.171. The number of aliphatic hydroxyl groups is 1. The van der Waals surface area contributed by atoms with E-state index in [0.29, 0.717) is 0 Å². The molecule has 0 aliphatic carbocycles. The summed E-state index contributed by atoms with van der Waals surface area (Å²) in [6.07, 6.45) is -0.868. The molecule has 6 nitrogen and oxygen atoms in total. The molecule has 0 saturated carbocycles. The van der Waals surface area contributed by atoms with Gasteiger partial charge < -0.3 is 14.9 Å². The van der Waals surface area contributed by atoms with Crippen LogP contribution in [0.25, 0.3) is 0 Å². The van der Waals surface area contributed by atoms with Gasteiger partial charge in [0.05, 0.1) is 7.11 Å². The molecule has 0 spiro atoms. The molecular formula is C12H13NO5. The number of nitrogens with zero attached hydrogens (tertiary/aromatic N) is 1. The number of ether oxygens (including phenoxy) is 1. The number of imide groups is 1. The highest BCUT2D eigenvalue weighted by molar-refractivity contribution is 6.07. The number of hydrogen-bond donors (Lipinski definition) is 2. The van der Waals surface area contributed by atoms with Gasteiger partial charge in [-0.25, -0.2) is 0 Å². The zero-order chi connectivity index (χ0) is 13.3. The van der Waals surface area contributed by atoms with Crippen LogP contribution in [0.5, 0.6) is 11.5 Å². The number of carbonyl (C=O) groups is 2. The third kappa shape index (κ3) is 2.02. The Kier molecular flexibility index (Phi) is 3.20. The minimum Gasteiger partial charge on any atom is -0.504 e. The van der Waals surface area contributed by atoms with E-state index in [1.54, 1.807) is 0 Å². The van der Waals surface area contributed by atoms with Crippen molar-refractivity contribution in [2.24, 2.45) is 0 Å². The molecule has 2 N–H and O–H groups in total. The smallest absolute Gasteiger partial charge is 0.260 e. The maximum absolute atomic E-state index is 12.0. The molecule has 0 aromatic heterocycles. The summed E-state index contributed by atoms with van der Waals surface area (Å²) in [5.41, 5.74) is 0.177. The molecule has 1 atom stereocenters. The van der Waals surface area contributed by atoms with Crippen LogP contribution in [-0.2, 0) is 4.79 Å². The first kappa shape index (κ1) is 12.4. The first-order chi connectivity index (χ1) is 8.54. The van der Waals surface area contributed by atoms with Crippen LogP contribution in [0.2, 0.25) is 0 Å². The topological polar surface area (TPSA) is 87.1 Å². The largest absolute Gasteiger partial charge is 0.504 e. The van der Waals surface area contributed by atoms with Crippen LogP contribution in [0.4, 0.5) is 0 Å². The molecule has 1 aromatic carbocycles. The third-order valence-electron chi connectivity index (χ3n) is 2.85. The fourth-order valence-electron chi connectivity index (χ4n) is 1.85. The number of aromatic hydroxyl groups is 1. The second-order valence-electron chi connectivity index (χ2n) is 3.99. The van der Waals surface area contributed by atoms with Gasteiger partial charge in [-0.2, -0.15) is 0 Å². The SMILES string of the molecule is COc1ccc(C(=O)N2CC[C@@H](O)C2=O)cc1O. The molecular weight excluding hydrogens is 238 g/mol. The molecule has 1 aliphatic heterocycles. The van der Waals surface area contributed by atoms with Gasteiger partial charge in [-0.05, 0) is 18.2 Å². The fourth-order valence-corrected chi connectivity index (χ4v) is 1.85. The maximum Gasteiger partial charge on any atom is 0.260 e. The molecule has 1 aliphatic rings. The van der Waals surface area contributed by atoms with E-state index in [9.17, 15) is 19.8 Å². The van der Waals surface area contributed by atoms with Crippen molar-refractivity contribution in [3.63, 3.8) is 0 Å². The van der Waals surface area contributed by atoms with Gasteiger partial charge in [-0.15, -0.1) is 0 Å². The number of likely N-dealkylation sites (tertiary alicyclic amines) is 1. The lowest BCUT2D eigenvalue weighted by atomic mass is 10.2. The summed E-state index contributed by atoms with van der Waals surface area (Å²) in [7, 11) is 1.40. The monoisotopic (exact) mass is 251 g/mol. The Balaban J connectivity index is 2.24. The Morgan fingerprint density at radius 2 is 2.22 bits per heavy atom. The number of aliphatic hydroxyl groups excluding tert-OH is 1. The number of hydrogen-bond acceptors (Lipinski definition) is 5. The van der Waals surface area contributed by atoms with Crippen LogP contribution in [0.3, 0.4) is 0 Å². The lowest BCUT2D eigenvalue weighted by molar-refractivity contribution is -0.132. The normalized spacial score (nSPS) is 19.1. The summed E-state index contributed by atoms with van der Waals surface area (Å²) in [4.78, 5) is 24.5. The van der Waals surface area contributed by atoms with Crippen molar-refractivity contribution in [1.82, 2.24) is 4.90 Å². The van der Waals surface area contributed by atoms with Gasteiger partial charge in [-0.1, -0.05) is 0 Å². The van der Waals surface area contributed by atoms with E-state index < -0.39 is 17.9 Å². The molecule has 1 heterocycles. The predicted molar refractivity (Wildman–Crippen MR) is 61.3 cm³/mol. The minimum atomic E-state index is -1.11. The predicted octanol–water partition coefficient (Wildman–Crippen LogP) is 0.134. The molecule has 1 aromatic rings. The zero-order valence-electron chi connectivity index (χ0n) is 9.79. The van der Waals surface area contributed by atoms with Gasteiger partial charge in [0.15, 0.2) is 11.5 Å². The number of phenolic OH excluding ortho intramolecular Hbond substituents is 1. The number of phenols is 1. The summed E-state index contributed by atoms with van der Waals surface area (Å²) in [5.74, 6) is -1.06. The number of rotatable bonds is 2. The highest BCUT2D eigenvalue weighted by Crippen LogP contribution is 2.27. The van der Waals surface area contributed by atoms with Crippen molar-refractivity contribution in [2.75, 3.05) is 13.7 Å². The van der Waals surface area contributed by atoms with Crippen LogP contribution < -0.4 is 4.74 Å². The average Bonchev–Trinajstić information content (AvgIpc) is 2.69. The van der Waals surface area contributed by atoms with Crippen molar-refractivity contribution in [1.29, 1.82) is 0 Å². The number of carbonyl (C=O) groups excluding carboxylic acids is 2. The van der Waals surface area contributed by atoms with Gasteiger partial charge in [0.2, 0.25) is 0 Å². The number of methoxy groups -OCH3 is 1. The molecule has 0 bridgehead atoms. The molecule has 0 radical (unpaired) electrons. The molecule has 18 heavy (non-hydrogen) atoms. The van der Waals surface area contributed by atoms with Gasteiger partial charge in [0.25, 0.3) is 11.8 Å². The van der Waals surface area contributed by atoms with Crippen LogP contribution in [-0.4, -0.2) is 46.7 Å². The van der Waals surface area contributed by atoms with Crippen molar-refractivity contribution in [3.8, 4) is 11.5 Å². The molecule has 0 unspecified atom stereocenters. The summed E-state index contributed by atoms with van der Waals surface area (Å²) in [5, 5.41) is 18.9. The first-order valence-corrected chi connectivity index (χ1v) is 5.45. The number of benzene rings is 1. The first-order valence-electron chi connectivity index (χ1n) is 5.45. The van der Waals surface area contributed by atoms with E-state index in [0.717, 1.165) is 4.90 Å². The molecule has 6 heteroatoms. The highest BCUT2D eigenvalue weighted by atomic mass is 16.5. The second-order valence-corrected chi connectivity index (χ2v) is 3.99. The standard InChI is InChI=1S/C12H13NO5/c1-18-10-3-2-7(6-9(10)15)11(16)13-5-4-8(14)12(13)17/h2-3,6,8,14-15H,4-5H2,1H3/t8-/m1/s1. The van der Waals surface area contributed by atoms with E-state index in [4.69, 9.17) is 4.74 Å². The summed E-state index contributed by atoms with van der Waals surface area (Å²) in [6, 6.07) is 4.14. The lowest BCUT2D eigenvalue weighted by Gasteiger charge is -2.14. The Hall–Kier alpha value is -2.08. The van der Waals surface area contributed by atoms with Crippen molar-refractivity contribution in [3.05, 3.63) is 23.8 Å². The van der Waals surface area contributed by atoms with Gasteiger partial charge in [0.1, 0.15) is 6.10 Å². The van der Waals surface area contributed by atoms with Crippen LogP contribution in [0.15, 0.2) is 18.2 Å². The Morgan fingerprint density at radius 3 is 2.72 bits per heavy atom. The third-order valence-corrected chi connectivity index (χ3v) is 2.85. The molecule has 2 rings (SSSR count). The van der Waals surface area contributed by atoms with E-state index in [1.165, 1.54) is 25.3 Å². The molecule has 1 fully saturated rings. The Bertz CT molecular complexity index is 499. The van der Waals surface area contributed by atoms with Crippen LogP contribution in [0.1, 0.15) is 16.8 Å². The number of amides is 2. The highest BCUT2D eigenvalue weighted by Gasteiger charge is 2.34. The maximum atomic E-state index is 12.0. The van der Waals surface area contributed by atoms with Gasteiger partial charge in [-0.3, -0.25) is 14.5 Å². The lowest BCUT2D eigenvalue weighted by Crippen LogP contribution is -2.35. The van der Waals surface area contributed by atoms with Gasteiger partial charge >= 0.3 is 0 Å². The Labute approximate surface area is 103 Å². The molecule has 96 valence electrons. The van der Waals surface area contributed by atoms with Crippen molar-refractivity contribution < 1.29 is 24.5 Å². The van der Waals surface area contributed by atoms with E-state index >= 15 is 0 Å². The summed E-state index contributed by atoms with van der Waals surface area (Å²) >= 11 is 0. The van der Waals surface area contributed by atoms with E-state index in [1.807, 2.05) is 0 Å². The fraction of sp³-hybridized carbons (Fsp3) is 0.333. The van der Waals surface area contributed by atoms with E-state index in [2.05, 4.69) is 0 Å². The van der Waals surface area contributed by atoms with Crippen molar-refractivity contribution in [2.45, 2.75) is 12.5 Å². The van der Waals surface area contributed by atoms with Gasteiger partial charge in [0, 0.05) is 18.5 Å². The molecule has 1 saturated heterocycles. The second kappa shape index (κ2) is 4.66. The summed E-state index contributed by atoms with van der Waals surface area (Å²) < 4.78 is 4.86. The average molecular weight is 251 g/mol. The van der Waals surface area contributed by atoms with Crippen LogP contribution >= 0.6 is 0 Å². The summed E-state index contributed by atoms with van der Waals surface area (Å²) in [6.45, 7) is 0.186. The van der Waals surface area contributed by atoms with E-state index in [-0.39, 0.29) is 30.0 Å². The van der Waals surface area contributed by atoms with Crippen LogP contribution in [0, 0.1) is 0 Å². The zero-order valence-corrected chi connectivity index (χ0v) is 9.79. The Morgan fingerprint density at radius 1 is 1.50 bits per heavy atom. The quantitative estimate of drug-likeness (QED) is 0.730. The molecule has 2 amide bonds.